The van der Waals surface area contributed by atoms with Gasteiger partial charge in [-0.15, -0.1) is 0 Å². The van der Waals surface area contributed by atoms with E-state index in [1.54, 1.807) is 11.9 Å². The monoisotopic (exact) mass is 476 g/mol. The van der Waals surface area contributed by atoms with E-state index in [9.17, 15) is 23.6 Å². The minimum absolute atomic E-state index is 0.0349. The van der Waals surface area contributed by atoms with Gasteiger partial charge in [-0.1, -0.05) is 37.3 Å². The van der Waals surface area contributed by atoms with Crippen LogP contribution in [-0.4, -0.2) is 43.5 Å². The van der Waals surface area contributed by atoms with Crippen LogP contribution < -0.4 is 4.72 Å². The Kier molecular flexibility index (Phi) is 5.72. The fourth-order valence-electron chi connectivity index (χ4n) is 5.25. The van der Waals surface area contributed by atoms with Crippen LogP contribution in [0.3, 0.4) is 0 Å². The maximum absolute atomic E-state index is 12.5. The molecule has 34 heavy (non-hydrogen) atoms. The molecule has 1 aliphatic carbocycles. The van der Waals surface area contributed by atoms with Gasteiger partial charge < -0.3 is 10.0 Å². The van der Waals surface area contributed by atoms with Crippen LogP contribution in [0.2, 0.25) is 0 Å². The van der Waals surface area contributed by atoms with E-state index in [0.717, 1.165) is 16.8 Å². The molecule has 1 aliphatic heterocycles. The van der Waals surface area contributed by atoms with Crippen LogP contribution in [0.5, 0.6) is 0 Å². The van der Waals surface area contributed by atoms with Crippen LogP contribution in [0, 0.1) is 22.7 Å². The van der Waals surface area contributed by atoms with E-state index in [4.69, 9.17) is 5.26 Å². The van der Waals surface area contributed by atoms with Crippen molar-refractivity contribution in [3.05, 3.63) is 76.5 Å². The molecule has 2 unspecified atom stereocenters. The molecular formula is C25H24N4O4S. The van der Waals surface area contributed by atoms with E-state index < -0.39 is 26.9 Å². The Morgan fingerprint density at radius 2 is 1.88 bits per heavy atom. The van der Waals surface area contributed by atoms with Gasteiger partial charge in [0, 0.05) is 19.3 Å². The third kappa shape index (κ3) is 3.28. The van der Waals surface area contributed by atoms with E-state index in [0.29, 0.717) is 24.8 Å². The van der Waals surface area contributed by atoms with Crippen molar-refractivity contribution < 1.29 is 18.3 Å². The van der Waals surface area contributed by atoms with Crippen molar-refractivity contribution >= 4 is 16.0 Å². The number of rotatable bonds is 8. The number of benzene rings is 2. The molecule has 2 aromatic carbocycles. The van der Waals surface area contributed by atoms with E-state index in [1.807, 2.05) is 37.3 Å². The third-order valence-corrected chi connectivity index (χ3v) is 8.48. The zero-order chi connectivity index (χ0) is 24.7. The standard InChI is InChI=1S/C25H24N4O4S/c1-3-22-21(15-27)24(16-25(24,23(30)31)29(22)2)19-9-7-17(8-10-19)11-12-28-34(32,33)20-6-4-5-18(13-20)14-26/h4-10,13,28H,3,11-12,16H2,1-2H3,(H,30,31). The number of hydrogen-bond donors (Lipinski definition) is 2. The second-order valence-corrected chi connectivity index (χ2v) is 10.3. The third-order valence-electron chi connectivity index (χ3n) is 7.02. The number of aliphatic carboxylic acids is 1. The van der Waals surface area contributed by atoms with E-state index in [1.165, 1.54) is 24.3 Å². The Morgan fingerprint density at radius 1 is 1.18 bits per heavy atom. The van der Waals surface area contributed by atoms with Crippen molar-refractivity contribution in [3.8, 4) is 12.1 Å². The van der Waals surface area contributed by atoms with E-state index in [2.05, 4.69) is 10.8 Å². The molecule has 0 amide bonds. The van der Waals surface area contributed by atoms with Gasteiger partial charge in [0.05, 0.1) is 33.6 Å². The average molecular weight is 477 g/mol. The van der Waals surface area contributed by atoms with Crippen molar-refractivity contribution in [2.75, 3.05) is 13.6 Å². The lowest BCUT2D eigenvalue weighted by atomic mass is 9.84. The second kappa shape index (κ2) is 8.28. The number of likely N-dealkylation sites (N-methyl/N-ethyl adjacent to an activating group) is 1. The number of carboxylic acids is 1. The highest BCUT2D eigenvalue weighted by Crippen LogP contribution is 2.70. The summed E-state index contributed by atoms with van der Waals surface area (Å²) >= 11 is 0. The Bertz CT molecular complexity index is 1390. The summed E-state index contributed by atoms with van der Waals surface area (Å²) in [6.07, 6.45) is 1.35. The Balaban J connectivity index is 1.51. The molecule has 4 rings (SSSR count). The quantitative estimate of drug-likeness (QED) is 0.598. The smallest absolute Gasteiger partial charge is 0.330 e. The van der Waals surface area contributed by atoms with Gasteiger partial charge in [-0.05, 0) is 48.6 Å². The summed E-state index contributed by atoms with van der Waals surface area (Å²) in [5.41, 5.74) is 1.19. The summed E-state index contributed by atoms with van der Waals surface area (Å²) in [6.45, 7) is 2.08. The first kappa shape index (κ1) is 23.5. The molecule has 174 valence electrons. The number of allylic oxidation sites excluding steroid dienone is 1. The largest absolute Gasteiger partial charge is 0.479 e. The van der Waals surface area contributed by atoms with E-state index >= 15 is 0 Å². The summed E-state index contributed by atoms with van der Waals surface area (Å²) in [6, 6.07) is 17.4. The van der Waals surface area contributed by atoms with Crippen molar-refractivity contribution in [1.82, 2.24) is 9.62 Å². The van der Waals surface area contributed by atoms with Crippen LogP contribution >= 0.6 is 0 Å². The molecule has 9 heteroatoms. The fraction of sp³-hybridized carbons (Fsp3) is 0.320. The second-order valence-electron chi connectivity index (χ2n) is 8.58. The van der Waals surface area contributed by atoms with Crippen molar-refractivity contribution in [2.45, 2.75) is 42.0 Å². The normalized spacial score (nSPS) is 23.2. The average Bonchev–Trinajstić information content (AvgIpc) is 3.49. The van der Waals surface area contributed by atoms with Crippen LogP contribution in [0.15, 0.2) is 64.7 Å². The molecule has 0 aromatic heterocycles. The number of nitriles is 2. The number of carbonyl (C=O) groups is 1. The molecular weight excluding hydrogens is 452 g/mol. The summed E-state index contributed by atoms with van der Waals surface area (Å²) in [7, 11) is -2.00. The maximum atomic E-state index is 12.5. The summed E-state index contributed by atoms with van der Waals surface area (Å²) in [5, 5.41) is 28.9. The molecule has 2 N–H and O–H groups in total. The lowest BCUT2D eigenvalue weighted by molar-refractivity contribution is -0.144. The van der Waals surface area contributed by atoms with Gasteiger partial charge in [0.2, 0.25) is 10.0 Å². The topological polar surface area (TPSA) is 134 Å². The van der Waals surface area contributed by atoms with Gasteiger partial charge >= 0.3 is 5.97 Å². The highest BCUT2D eigenvalue weighted by molar-refractivity contribution is 7.89. The molecule has 1 saturated carbocycles. The molecule has 0 bridgehead atoms. The van der Waals surface area contributed by atoms with Crippen LogP contribution in [0.25, 0.3) is 0 Å². The predicted molar refractivity (Wildman–Crippen MR) is 124 cm³/mol. The summed E-state index contributed by atoms with van der Waals surface area (Å²) in [4.78, 5) is 14.1. The highest BCUT2D eigenvalue weighted by atomic mass is 32.2. The van der Waals surface area contributed by atoms with Gasteiger partial charge in [0.1, 0.15) is 0 Å². The van der Waals surface area contributed by atoms with Gasteiger partial charge in [0.15, 0.2) is 5.54 Å². The highest BCUT2D eigenvalue weighted by Gasteiger charge is 2.81. The van der Waals surface area contributed by atoms with Crippen LogP contribution in [-0.2, 0) is 26.7 Å². The van der Waals surface area contributed by atoms with E-state index in [-0.39, 0.29) is 17.0 Å². The Hall–Kier alpha value is -3.66. The first-order valence-corrected chi connectivity index (χ1v) is 12.4. The molecule has 0 saturated heterocycles. The molecule has 2 aromatic rings. The number of sulfonamides is 1. The van der Waals surface area contributed by atoms with Crippen molar-refractivity contribution in [3.63, 3.8) is 0 Å². The first-order valence-electron chi connectivity index (χ1n) is 10.9. The Morgan fingerprint density at radius 3 is 2.47 bits per heavy atom. The van der Waals surface area contributed by atoms with Crippen LogP contribution in [0.1, 0.15) is 36.5 Å². The number of hydrogen-bond acceptors (Lipinski definition) is 6. The molecule has 2 atom stereocenters. The Labute approximate surface area is 198 Å². The summed E-state index contributed by atoms with van der Waals surface area (Å²) in [5.74, 6) is -0.940. The minimum atomic E-state index is -3.74. The zero-order valence-electron chi connectivity index (χ0n) is 18.9. The lowest BCUT2D eigenvalue weighted by Crippen LogP contribution is -2.42. The fourth-order valence-corrected chi connectivity index (χ4v) is 6.32. The lowest BCUT2D eigenvalue weighted by Gasteiger charge is -2.26. The van der Waals surface area contributed by atoms with Gasteiger partial charge in [-0.25, -0.2) is 17.9 Å². The molecule has 0 spiro atoms. The maximum Gasteiger partial charge on any atom is 0.330 e. The summed E-state index contributed by atoms with van der Waals surface area (Å²) < 4.78 is 27.6. The van der Waals surface area contributed by atoms with Gasteiger partial charge in [-0.3, -0.25) is 0 Å². The zero-order valence-corrected chi connectivity index (χ0v) is 19.7. The molecule has 1 fully saturated rings. The predicted octanol–water partition coefficient (Wildman–Crippen LogP) is 2.68. The number of carboxylic acid groups (broad SMARTS) is 1. The van der Waals surface area contributed by atoms with Gasteiger partial charge in [-0.2, -0.15) is 10.5 Å². The molecule has 2 aliphatic rings. The molecule has 8 nitrogen and oxygen atoms in total. The first-order chi connectivity index (χ1) is 16.2. The molecule has 1 heterocycles. The van der Waals surface area contributed by atoms with Crippen molar-refractivity contribution in [2.24, 2.45) is 0 Å². The minimum Gasteiger partial charge on any atom is -0.479 e. The molecule has 0 radical (unpaired) electrons. The number of fused-ring (bicyclic) bond motifs is 1. The van der Waals surface area contributed by atoms with Gasteiger partial charge in [0.25, 0.3) is 0 Å². The van der Waals surface area contributed by atoms with Crippen molar-refractivity contribution in [1.29, 1.82) is 10.5 Å². The number of nitrogens with one attached hydrogen (secondary N) is 1. The SMILES string of the molecule is CCC1=C(C#N)C2(c3ccc(CCNS(=O)(=O)c4cccc(C#N)c4)cc3)CC2(C(=O)O)N1C. The van der Waals surface area contributed by atoms with Crippen LogP contribution in [0.4, 0.5) is 0 Å². The number of nitrogens with zero attached hydrogens (tertiary/aromatic N) is 3.